The molecule has 3 aromatic rings. The lowest BCUT2D eigenvalue weighted by atomic mass is 10.2. The van der Waals surface area contributed by atoms with E-state index in [-0.39, 0.29) is 10.9 Å². The molecule has 0 unspecified atom stereocenters. The second kappa shape index (κ2) is 5.06. The first kappa shape index (κ1) is 12.8. The zero-order valence-corrected chi connectivity index (χ0v) is 11.7. The van der Waals surface area contributed by atoms with Crippen LogP contribution < -0.4 is 4.72 Å². The predicted octanol–water partition coefficient (Wildman–Crippen LogP) is 2.60. The molecule has 0 amide bonds. The number of hydrogen-bond donors (Lipinski definition) is 1. The maximum atomic E-state index is 12.1. The molecule has 0 saturated heterocycles. The fraction of sp³-hybridized carbons (Fsp3) is 0. The SMILES string of the molecule is O=S(=O)(Nc1ncco1)c1ccc(-c2nccs2)cc1. The van der Waals surface area contributed by atoms with Crippen molar-refractivity contribution in [2.24, 2.45) is 0 Å². The summed E-state index contributed by atoms with van der Waals surface area (Å²) in [5.41, 5.74) is 0.870. The minimum absolute atomic E-state index is 0.0611. The molecule has 20 heavy (non-hydrogen) atoms. The van der Waals surface area contributed by atoms with Gasteiger partial charge in [-0.1, -0.05) is 12.1 Å². The van der Waals surface area contributed by atoms with E-state index in [9.17, 15) is 8.42 Å². The molecule has 2 heterocycles. The number of hydrogen-bond acceptors (Lipinski definition) is 6. The molecule has 3 rings (SSSR count). The molecule has 0 aliphatic heterocycles. The Labute approximate surface area is 119 Å². The molecule has 0 radical (unpaired) electrons. The monoisotopic (exact) mass is 307 g/mol. The molecule has 0 saturated carbocycles. The largest absolute Gasteiger partial charge is 0.432 e. The lowest BCUT2D eigenvalue weighted by Crippen LogP contribution is -2.12. The standard InChI is InChI=1S/C12H9N3O3S2/c16-20(17,15-12-14-5-7-18-12)10-3-1-9(2-4-10)11-13-6-8-19-11/h1-8H,(H,14,15). The van der Waals surface area contributed by atoms with E-state index in [1.54, 1.807) is 18.3 Å². The van der Waals surface area contributed by atoms with Gasteiger partial charge in [-0.15, -0.1) is 11.3 Å². The van der Waals surface area contributed by atoms with Crippen molar-refractivity contribution in [2.45, 2.75) is 4.90 Å². The Bertz CT molecular complexity index is 779. The Hall–Kier alpha value is -2.19. The Balaban J connectivity index is 1.87. The summed E-state index contributed by atoms with van der Waals surface area (Å²) in [4.78, 5) is 8.02. The van der Waals surface area contributed by atoms with E-state index in [2.05, 4.69) is 14.7 Å². The number of nitrogens with one attached hydrogen (secondary N) is 1. The van der Waals surface area contributed by atoms with Gasteiger partial charge in [0.15, 0.2) is 0 Å². The highest BCUT2D eigenvalue weighted by atomic mass is 32.2. The second-order valence-electron chi connectivity index (χ2n) is 3.80. The van der Waals surface area contributed by atoms with E-state index in [4.69, 9.17) is 4.42 Å². The average molecular weight is 307 g/mol. The van der Waals surface area contributed by atoms with Crippen LogP contribution in [-0.4, -0.2) is 18.4 Å². The number of oxazole rings is 1. The zero-order chi connectivity index (χ0) is 14.0. The average Bonchev–Trinajstić information content (AvgIpc) is 3.11. The predicted molar refractivity (Wildman–Crippen MR) is 74.9 cm³/mol. The lowest BCUT2D eigenvalue weighted by molar-refractivity contribution is 0.570. The van der Waals surface area contributed by atoms with Crippen LogP contribution in [0.2, 0.25) is 0 Å². The summed E-state index contributed by atoms with van der Waals surface area (Å²) < 4.78 is 31.3. The number of thiazole rings is 1. The molecule has 2 aromatic heterocycles. The molecule has 0 aliphatic carbocycles. The molecular formula is C12H9N3O3S2. The van der Waals surface area contributed by atoms with Crippen LogP contribution in [0.1, 0.15) is 0 Å². The number of anilines is 1. The van der Waals surface area contributed by atoms with Crippen LogP contribution in [-0.2, 0) is 10.0 Å². The number of aromatic nitrogens is 2. The Kier molecular flexibility index (Phi) is 3.25. The minimum atomic E-state index is -3.69. The van der Waals surface area contributed by atoms with Gasteiger partial charge in [0.25, 0.3) is 10.0 Å². The van der Waals surface area contributed by atoms with Gasteiger partial charge in [-0.3, -0.25) is 0 Å². The summed E-state index contributed by atoms with van der Waals surface area (Å²) in [5, 5.41) is 2.71. The zero-order valence-electron chi connectivity index (χ0n) is 10.1. The first-order valence-electron chi connectivity index (χ1n) is 5.57. The third-order valence-corrected chi connectivity index (χ3v) is 4.66. The van der Waals surface area contributed by atoms with Crippen LogP contribution in [0.3, 0.4) is 0 Å². The number of benzene rings is 1. The Morgan fingerprint density at radius 1 is 1.10 bits per heavy atom. The number of nitrogens with zero attached hydrogens (tertiary/aromatic N) is 2. The summed E-state index contributed by atoms with van der Waals surface area (Å²) in [5.74, 6) is 0. The van der Waals surface area contributed by atoms with E-state index >= 15 is 0 Å². The lowest BCUT2D eigenvalue weighted by Gasteiger charge is -2.05. The topological polar surface area (TPSA) is 85.1 Å². The van der Waals surface area contributed by atoms with Crippen LogP contribution in [0, 0.1) is 0 Å². The Morgan fingerprint density at radius 3 is 2.50 bits per heavy atom. The number of sulfonamides is 1. The van der Waals surface area contributed by atoms with E-state index in [0.717, 1.165) is 10.6 Å². The molecule has 6 nitrogen and oxygen atoms in total. The highest BCUT2D eigenvalue weighted by molar-refractivity contribution is 7.92. The van der Waals surface area contributed by atoms with Crippen LogP contribution in [0.4, 0.5) is 6.01 Å². The summed E-state index contributed by atoms with van der Waals surface area (Å²) in [6.07, 6.45) is 4.36. The first-order chi connectivity index (χ1) is 9.65. The molecule has 8 heteroatoms. The maximum Gasteiger partial charge on any atom is 0.308 e. The second-order valence-corrected chi connectivity index (χ2v) is 6.38. The van der Waals surface area contributed by atoms with Gasteiger partial charge in [0.2, 0.25) is 0 Å². The van der Waals surface area contributed by atoms with Crippen LogP contribution in [0.15, 0.2) is 57.6 Å². The third-order valence-electron chi connectivity index (χ3n) is 2.50. The van der Waals surface area contributed by atoms with Crippen molar-refractivity contribution in [1.29, 1.82) is 0 Å². The van der Waals surface area contributed by atoms with Gasteiger partial charge < -0.3 is 4.42 Å². The highest BCUT2D eigenvalue weighted by Gasteiger charge is 2.16. The van der Waals surface area contributed by atoms with Crippen LogP contribution in [0.5, 0.6) is 0 Å². The van der Waals surface area contributed by atoms with Crippen molar-refractivity contribution >= 4 is 27.4 Å². The summed E-state index contributed by atoms with van der Waals surface area (Å²) in [6, 6.07) is 6.39. The normalized spacial score (nSPS) is 11.4. The molecular weight excluding hydrogens is 298 g/mol. The van der Waals surface area contributed by atoms with Gasteiger partial charge in [0.1, 0.15) is 11.3 Å². The molecule has 0 spiro atoms. The van der Waals surface area contributed by atoms with Gasteiger partial charge in [0.05, 0.1) is 11.1 Å². The van der Waals surface area contributed by atoms with Gasteiger partial charge in [-0.05, 0) is 12.1 Å². The van der Waals surface area contributed by atoms with E-state index in [1.807, 2.05) is 5.38 Å². The molecule has 0 atom stereocenters. The van der Waals surface area contributed by atoms with Crippen molar-refractivity contribution in [2.75, 3.05) is 4.72 Å². The quantitative estimate of drug-likeness (QED) is 0.800. The van der Waals surface area contributed by atoms with Crippen molar-refractivity contribution < 1.29 is 12.8 Å². The minimum Gasteiger partial charge on any atom is -0.432 e. The number of rotatable bonds is 4. The third kappa shape index (κ3) is 2.56. The van der Waals surface area contributed by atoms with Crippen molar-refractivity contribution in [3.8, 4) is 10.6 Å². The molecule has 0 aliphatic rings. The molecule has 0 bridgehead atoms. The maximum absolute atomic E-state index is 12.1. The van der Waals surface area contributed by atoms with Crippen molar-refractivity contribution in [3.63, 3.8) is 0 Å². The van der Waals surface area contributed by atoms with Crippen LogP contribution in [0.25, 0.3) is 10.6 Å². The summed E-state index contributed by atoms with van der Waals surface area (Å²) in [7, 11) is -3.69. The fourth-order valence-corrected chi connectivity index (χ4v) is 3.18. The summed E-state index contributed by atoms with van der Waals surface area (Å²) in [6.45, 7) is 0. The molecule has 1 aromatic carbocycles. The molecule has 0 fully saturated rings. The van der Waals surface area contributed by atoms with Gasteiger partial charge in [-0.25, -0.2) is 23.1 Å². The van der Waals surface area contributed by atoms with E-state index in [1.165, 1.54) is 35.9 Å². The molecule has 102 valence electrons. The van der Waals surface area contributed by atoms with E-state index < -0.39 is 10.0 Å². The summed E-state index contributed by atoms with van der Waals surface area (Å²) >= 11 is 1.49. The Morgan fingerprint density at radius 2 is 1.90 bits per heavy atom. The van der Waals surface area contributed by atoms with Crippen molar-refractivity contribution in [3.05, 3.63) is 48.3 Å². The smallest absolute Gasteiger partial charge is 0.308 e. The molecule has 1 N–H and O–H groups in total. The van der Waals surface area contributed by atoms with Gasteiger partial charge in [0, 0.05) is 17.1 Å². The fourth-order valence-electron chi connectivity index (χ4n) is 1.59. The van der Waals surface area contributed by atoms with E-state index in [0.29, 0.717) is 0 Å². The van der Waals surface area contributed by atoms with Gasteiger partial charge in [-0.2, -0.15) is 0 Å². The highest BCUT2D eigenvalue weighted by Crippen LogP contribution is 2.23. The van der Waals surface area contributed by atoms with Crippen molar-refractivity contribution in [1.82, 2.24) is 9.97 Å². The first-order valence-corrected chi connectivity index (χ1v) is 7.94. The van der Waals surface area contributed by atoms with Gasteiger partial charge >= 0.3 is 6.01 Å². The van der Waals surface area contributed by atoms with Crippen LogP contribution >= 0.6 is 11.3 Å².